The highest BCUT2D eigenvalue weighted by Crippen LogP contribution is 2.50. The van der Waals surface area contributed by atoms with Crippen molar-refractivity contribution in [2.24, 2.45) is 11.3 Å². The summed E-state index contributed by atoms with van der Waals surface area (Å²) in [5, 5.41) is 2.54. The summed E-state index contributed by atoms with van der Waals surface area (Å²) in [4.78, 5) is 27.0. The third kappa shape index (κ3) is 3.21. The van der Waals surface area contributed by atoms with E-state index in [-0.39, 0.29) is 29.6 Å². The van der Waals surface area contributed by atoms with Crippen LogP contribution >= 0.6 is 0 Å². The molecule has 1 saturated heterocycles. The number of hydrogen-bond donors (Lipinski definition) is 1. The maximum atomic E-state index is 13.5. The first-order valence-electron chi connectivity index (χ1n) is 9.54. The second-order valence-electron chi connectivity index (χ2n) is 8.16. The highest BCUT2D eigenvalue weighted by Gasteiger charge is 2.54. The van der Waals surface area contributed by atoms with E-state index in [2.05, 4.69) is 5.32 Å². The second-order valence-corrected chi connectivity index (χ2v) is 8.16. The van der Waals surface area contributed by atoms with Crippen molar-refractivity contribution in [2.45, 2.75) is 50.5 Å². The Hall–Kier alpha value is -2.05. The van der Waals surface area contributed by atoms with Crippen LogP contribution in [0.25, 0.3) is 0 Å². The van der Waals surface area contributed by atoms with Crippen LogP contribution in [0.3, 0.4) is 0 Å². The van der Waals surface area contributed by atoms with Crippen LogP contribution in [-0.2, 0) is 4.79 Å². The molecular formula is C20H23F3N2O2. The second kappa shape index (κ2) is 6.53. The molecule has 146 valence electrons. The minimum Gasteiger partial charge on any atom is -0.347 e. The van der Waals surface area contributed by atoms with Crippen LogP contribution < -0.4 is 5.32 Å². The predicted octanol–water partition coefficient (Wildman–Crippen LogP) is 3.37. The predicted molar refractivity (Wildman–Crippen MR) is 92.8 cm³/mol. The van der Waals surface area contributed by atoms with Gasteiger partial charge in [-0.05, 0) is 43.9 Å². The molecule has 4 nitrogen and oxygen atoms in total. The third-order valence-electron chi connectivity index (χ3n) is 6.56. The Balaban J connectivity index is 1.45. The van der Waals surface area contributed by atoms with E-state index in [0.29, 0.717) is 37.9 Å². The number of nitrogens with zero attached hydrogens (tertiary/aromatic N) is 1. The highest BCUT2D eigenvalue weighted by molar-refractivity contribution is 5.94. The van der Waals surface area contributed by atoms with Crippen molar-refractivity contribution in [1.29, 1.82) is 0 Å². The Morgan fingerprint density at radius 2 is 1.96 bits per heavy atom. The molecule has 2 saturated carbocycles. The molecule has 0 unspecified atom stereocenters. The zero-order valence-corrected chi connectivity index (χ0v) is 15.0. The van der Waals surface area contributed by atoms with Crippen molar-refractivity contribution >= 4 is 11.8 Å². The number of amides is 2. The first-order chi connectivity index (χ1) is 12.8. The molecule has 1 heterocycles. The maximum absolute atomic E-state index is 13.5. The Labute approximate surface area is 156 Å². The van der Waals surface area contributed by atoms with Gasteiger partial charge in [0.25, 0.3) is 11.8 Å². The summed E-state index contributed by atoms with van der Waals surface area (Å²) in [6, 6.07) is 4.52. The molecule has 4 rings (SSSR count). The van der Waals surface area contributed by atoms with Crippen LogP contribution in [0, 0.1) is 17.2 Å². The summed E-state index contributed by atoms with van der Waals surface area (Å²) >= 11 is 0. The van der Waals surface area contributed by atoms with E-state index in [0.717, 1.165) is 12.8 Å². The monoisotopic (exact) mass is 380 g/mol. The van der Waals surface area contributed by atoms with Crippen LogP contribution in [0.5, 0.6) is 0 Å². The van der Waals surface area contributed by atoms with Crippen LogP contribution in [0.2, 0.25) is 0 Å². The van der Waals surface area contributed by atoms with E-state index in [4.69, 9.17) is 0 Å². The largest absolute Gasteiger partial charge is 0.347 e. The van der Waals surface area contributed by atoms with Gasteiger partial charge in [-0.2, -0.15) is 0 Å². The van der Waals surface area contributed by atoms with Crippen molar-refractivity contribution in [2.75, 3.05) is 13.1 Å². The number of likely N-dealkylation sites (tertiary alicyclic amines) is 1. The van der Waals surface area contributed by atoms with Crippen molar-refractivity contribution in [3.8, 4) is 0 Å². The lowest BCUT2D eigenvalue weighted by molar-refractivity contribution is -0.142. The molecule has 3 atom stereocenters. The van der Waals surface area contributed by atoms with Gasteiger partial charge in [-0.1, -0.05) is 12.5 Å². The molecule has 1 aromatic carbocycles. The van der Waals surface area contributed by atoms with Gasteiger partial charge in [-0.25, -0.2) is 13.2 Å². The van der Waals surface area contributed by atoms with Gasteiger partial charge in [0.05, 0.1) is 6.04 Å². The molecule has 0 bridgehead atoms. The van der Waals surface area contributed by atoms with Crippen molar-refractivity contribution in [1.82, 2.24) is 10.2 Å². The number of alkyl halides is 2. The molecule has 1 N–H and O–H groups in total. The Morgan fingerprint density at radius 3 is 2.63 bits per heavy atom. The lowest BCUT2D eigenvalue weighted by atomic mass is 9.76. The molecule has 7 heteroatoms. The molecule has 3 fully saturated rings. The number of carbonyl (C=O) groups excluding carboxylic acids is 2. The van der Waals surface area contributed by atoms with Gasteiger partial charge in [0.15, 0.2) is 0 Å². The fraction of sp³-hybridized carbons (Fsp3) is 0.600. The van der Waals surface area contributed by atoms with Crippen molar-refractivity contribution < 1.29 is 22.8 Å². The standard InChI is InChI=1S/C20H23F3N2O2/c21-14-4-1-3-13(11-14)18(27)25-10-9-19(12-25)7-2-5-15(19)17(26)24-16-6-8-20(16,22)23/h1,3-4,11,15-16H,2,5-10,12H2,(H,24,26)/t15-,16+,19-/m0/s1. The smallest absolute Gasteiger partial charge is 0.267 e. The van der Waals surface area contributed by atoms with Crippen molar-refractivity contribution in [3.63, 3.8) is 0 Å². The molecule has 2 amide bonds. The molecule has 2 aliphatic carbocycles. The summed E-state index contributed by atoms with van der Waals surface area (Å²) in [5.41, 5.74) is -0.0632. The number of nitrogens with one attached hydrogen (secondary N) is 1. The quantitative estimate of drug-likeness (QED) is 0.874. The molecule has 3 aliphatic rings. The minimum absolute atomic E-state index is 0.177. The third-order valence-corrected chi connectivity index (χ3v) is 6.56. The SMILES string of the molecule is O=C(N[C@@H]1CCC1(F)F)[C@@H]1CCC[C@@]12CCN(C(=O)c1cccc(F)c1)C2. The zero-order chi connectivity index (χ0) is 19.2. The van der Waals surface area contributed by atoms with Gasteiger partial charge < -0.3 is 10.2 Å². The summed E-state index contributed by atoms with van der Waals surface area (Å²) in [6.07, 6.45) is 3.12. The first-order valence-corrected chi connectivity index (χ1v) is 9.54. The lowest BCUT2D eigenvalue weighted by Gasteiger charge is -2.39. The number of halogens is 3. The number of benzene rings is 1. The number of hydrogen-bond acceptors (Lipinski definition) is 2. The van der Waals surface area contributed by atoms with Gasteiger partial charge >= 0.3 is 0 Å². The maximum Gasteiger partial charge on any atom is 0.267 e. The van der Waals surface area contributed by atoms with Gasteiger partial charge in [0.1, 0.15) is 5.82 Å². The summed E-state index contributed by atoms with van der Waals surface area (Å²) in [6.45, 7) is 0.917. The lowest BCUT2D eigenvalue weighted by Crippen LogP contribution is -2.57. The van der Waals surface area contributed by atoms with E-state index in [1.165, 1.54) is 18.2 Å². The van der Waals surface area contributed by atoms with E-state index in [1.54, 1.807) is 11.0 Å². The van der Waals surface area contributed by atoms with Gasteiger partial charge in [-0.15, -0.1) is 0 Å². The molecular weight excluding hydrogens is 357 g/mol. The fourth-order valence-corrected chi connectivity index (χ4v) is 4.87. The minimum atomic E-state index is -2.81. The van der Waals surface area contributed by atoms with Crippen LogP contribution in [0.1, 0.15) is 48.9 Å². The summed E-state index contributed by atoms with van der Waals surface area (Å²) in [5.74, 6) is -4.18. The van der Waals surface area contributed by atoms with E-state index in [9.17, 15) is 22.8 Å². The molecule has 1 aromatic rings. The van der Waals surface area contributed by atoms with Crippen LogP contribution in [0.4, 0.5) is 13.2 Å². The molecule has 0 aromatic heterocycles. The first kappa shape index (κ1) is 18.3. The van der Waals surface area contributed by atoms with Crippen LogP contribution in [-0.4, -0.2) is 41.8 Å². The Bertz CT molecular complexity index is 769. The van der Waals surface area contributed by atoms with E-state index < -0.39 is 17.8 Å². The van der Waals surface area contributed by atoms with E-state index in [1.807, 2.05) is 0 Å². The summed E-state index contributed by atoms with van der Waals surface area (Å²) in [7, 11) is 0. The molecule has 27 heavy (non-hydrogen) atoms. The topological polar surface area (TPSA) is 49.4 Å². The van der Waals surface area contributed by atoms with Gasteiger partial charge in [-0.3, -0.25) is 9.59 Å². The fourth-order valence-electron chi connectivity index (χ4n) is 4.87. The molecule has 0 radical (unpaired) electrons. The van der Waals surface area contributed by atoms with E-state index >= 15 is 0 Å². The number of rotatable bonds is 3. The Kier molecular flexibility index (Phi) is 4.43. The van der Waals surface area contributed by atoms with Gasteiger partial charge in [0.2, 0.25) is 5.91 Å². The molecule has 1 spiro atoms. The average Bonchev–Trinajstić information content (AvgIpc) is 3.25. The van der Waals surface area contributed by atoms with Crippen molar-refractivity contribution in [3.05, 3.63) is 35.6 Å². The van der Waals surface area contributed by atoms with Crippen LogP contribution in [0.15, 0.2) is 24.3 Å². The summed E-state index contributed by atoms with van der Waals surface area (Å²) < 4.78 is 40.4. The normalized spacial score (nSPS) is 31.7. The number of carbonyl (C=O) groups is 2. The van der Waals surface area contributed by atoms with Gasteiger partial charge in [0, 0.05) is 36.4 Å². The Morgan fingerprint density at radius 1 is 1.15 bits per heavy atom. The molecule has 1 aliphatic heterocycles. The zero-order valence-electron chi connectivity index (χ0n) is 15.0. The highest BCUT2D eigenvalue weighted by atomic mass is 19.3. The average molecular weight is 380 g/mol.